The van der Waals surface area contributed by atoms with Crippen LogP contribution in [0.3, 0.4) is 0 Å². The van der Waals surface area contributed by atoms with Crippen molar-refractivity contribution in [2.75, 3.05) is 51.1 Å². The fourth-order valence-electron chi connectivity index (χ4n) is 4.96. The predicted molar refractivity (Wildman–Crippen MR) is 167 cm³/mol. The molecular formula is C33H35F2N5O5. The number of rotatable bonds is 12. The molecule has 0 bridgehead atoms. The first-order chi connectivity index (χ1) is 21.9. The molecule has 3 aromatic carbocycles. The molecule has 0 aliphatic carbocycles. The van der Waals surface area contributed by atoms with Crippen molar-refractivity contribution in [1.29, 1.82) is 0 Å². The number of likely N-dealkylation sites (tertiary alicyclic amines) is 1. The lowest BCUT2D eigenvalue weighted by Crippen LogP contribution is -2.31. The molecule has 0 saturated carbocycles. The van der Waals surface area contributed by atoms with E-state index in [1.165, 1.54) is 51.7 Å². The Morgan fingerprint density at radius 3 is 2.53 bits per heavy atom. The van der Waals surface area contributed by atoms with Gasteiger partial charge in [0.15, 0.2) is 11.6 Å². The number of ether oxygens (including phenoxy) is 4. The van der Waals surface area contributed by atoms with E-state index in [1.54, 1.807) is 30.3 Å². The van der Waals surface area contributed by atoms with Crippen molar-refractivity contribution in [3.05, 3.63) is 78.4 Å². The number of piperidine rings is 1. The van der Waals surface area contributed by atoms with Gasteiger partial charge in [-0.1, -0.05) is 18.6 Å². The van der Waals surface area contributed by atoms with E-state index in [0.717, 1.165) is 32.1 Å². The minimum Gasteiger partial charge on any atom is -0.497 e. The number of nitrogens with zero attached hydrogens (tertiary/aromatic N) is 3. The van der Waals surface area contributed by atoms with Crippen LogP contribution in [-0.4, -0.2) is 61.4 Å². The monoisotopic (exact) mass is 619 g/mol. The average Bonchev–Trinajstić information content (AvgIpc) is 3.05. The van der Waals surface area contributed by atoms with Crippen LogP contribution in [0.15, 0.2) is 66.7 Å². The number of aromatic nitrogens is 2. The molecule has 1 aromatic heterocycles. The number of amides is 1. The number of anilines is 3. The smallest absolute Gasteiger partial charge is 0.418 e. The molecule has 0 unspecified atom stereocenters. The molecule has 12 heteroatoms. The van der Waals surface area contributed by atoms with Crippen molar-refractivity contribution in [2.45, 2.75) is 25.7 Å². The summed E-state index contributed by atoms with van der Waals surface area (Å²) in [5.41, 5.74) is 0.770. The van der Waals surface area contributed by atoms with Gasteiger partial charge in [0.2, 0.25) is 11.8 Å². The van der Waals surface area contributed by atoms with Crippen molar-refractivity contribution in [1.82, 2.24) is 14.9 Å². The second kappa shape index (κ2) is 15.2. The van der Waals surface area contributed by atoms with Crippen molar-refractivity contribution < 1.29 is 32.5 Å². The summed E-state index contributed by atoms with van der Waals surface area (Å²) in [7, 11) is 2.96. The van der Waals surface area contributed by atoms with Gasteiger partial charge in [0.05, 0.1) is 32.2 Å². The van der Waals surface area contributed by atoms with Crippen LogP contribution in [0.2, 0.25) is 0 Å². The number of halogens is 2. The highest BCUT2D eigenvalue weighted by Crippen LogP contribution is 2.31. The molecule has 0 radical (unpaired) electrons. The Bertz CT molecular complexity index is 1620. The summed E-state index contributed by atoms with van der Waals surface area (Å²) in [6.45, 7) is 3.84. The first-order valence-corrected chi connectivity index (χ1v) is 14.7. The predicted octanol–water partition coefficient (Wildman–Crippen LogP) is 7.05. The van der Waals surface area contributed by atoms with Crippen LogP contribution in [0.4, 0.5) is 30.9 Å². The number of methoxy groups -OCH3 is 2. The Morgan fingerprint density at radius 1 is 0.911 bits per heavy atom. The highest BCUT2D eigenvalue weighted by atomic mass is 19.2. The van der Waals surface area contributed by atoms with Gasteiger partial charge in [-0.3, -0.25) is 5.32 Å². The molecule has 236 valence electrons. The molecule has 1 saturated heterocycles. The first-order valence-electron chi connectivity index (χ1n) is 14.7. The van der Waals surface area contributed by atoms with E-state index < -0.39 is 17.7 Å². The Hall–Kier alpha value is -4.97. The Kier molecular flexibility index (Phi) is 10.6. The van der Waals surface area contributed by atoms with Crippen molar-refractivity contribution in [2.24, 2.45) is 0 Å². The largest absolute Gasteiger partial charge is 0.497 e. The van der Waals surface area contributed by atoms with E-state index in [-0.39, 0.29) is 23.1 Å². The van der Waals surface area contributed by atoms with Gasteiger partial charge in [0.1, 0.15) is 17.2 Å². The van der Waals surface area contributed by atoms with Gasteiger partial charge in [-0.2, -0.15) is 4.98 Å². The average molecular weight is 620 g/mol. The van der Waals surface area contributed by atoms with Crippen molar-refractivity contribution in [3.63, 3.8) is 0 Å². The van der Waals surface area contributed by atoms with E-state index in [0.29, 0.717) is 35.2 Å². The fraction of sp³-hybridized carbons (Fsp3) is 0.303. The summed E-state index contributed by atoms with van der Waals surface area (Å²) in [6, 6.07) is 17.0. The molecule has 5 rings (SSSR count). The van der Waals surface area contributed by atoms with Crippen LogP contribution in [0.1, 0.15) is 25.7 Å². The summed E-state index contributed by atoms with van der Waals surface area (Å²) in [5, 5.41) is 5.64. The lowest BCUT2D eigenvalue weighted by atomic mass is 10.1. The SMILES string of the molecule is COc1ccc(NC(=O)Oc2cc(-c3cccc(F)c3F)nc(Nc3cccc(OCCCN4CCCCC4)c3)n2)c(OC)c1. The lowest BCUT2D eigenvalue weighted by Gasteiger charge is -2.26. The zero-order valence-electron chi connectivity index (χ0n) is 25.1. The molecule has 0 spiro atoms. The minimum atomic E-state index is -1.10. The Labute approximate surface area is 260 Å². The van der Waals surface area contributed by atoms with Crippen LogP contribution in [0.25, 0.3) is 11.3 Å². The molecule has 2 heterocycles. The molecule has 1 aliphatic heterocycles. The Morgan fingerprint density at radius 2 is 1.73 bits per heavy atom. The molecule has 1 amide bonds. The van der Waals surface area contributed by atoms with Crippen LogP contribution < -0.4 is 29.6 Å². The zero-order valence-corrected chi connectivity index (χ0v) is 25.1. The van der Waals surface area contributed by atoms with Crippen LogP contribution in [-0.2, 0) is 0 Å². The van der Waals surface area contributed by atoms with Gasteiger partial charge in [-0.15, -0.1) is 0 Å². The summed E-state index contributed by atoms with van der Waals surface area (Å²) < 4.78 is 50.8. The van der Waals surface area contributed by atoms with Crippen molar-refractivity contribution >= 4 is 23.4 Å². The molecule has 10 nitrogen and oxygen atoms in total. The number of hydrogen-bond donors (Lipinski definition) is 2. The molecule has 1 fully saturated rings. The van der Waals surface area contributed by atoms with Gasteiger partial charge in [0, 0.05) is 36.0 Å². The second-order valence-corrected chi connectivity index (χ2v) is 10.4. The molecular weight excluding hydrogens is 584 g/mol. The quantitative estimate of drug-likeness (QED) is 0.161. The van der Waals surface area contributed by atoms with Crippen LogP contribution in [0.5, 0.6) is 23.1 Å². The number of carbonyl (C=O) groups excluding carboxylic acids is 1. The maximum Gasteiger partial charge on any atom is 0.418 e. The molecule has 0 atom stereocenters. The maximum atomic E-state index is 14.8. The number of hydrogen-bond acceptors (Lipinski definition) is 9. The normalized spacial score (nSPS) is 13.2. The minimum absolute atomic E-state index is 0.000514. The van der Waals surface area contributed by atoms with Gasteiger partial charge in [-0.05, 0) is 68.8 Å². The number of benzene rings is 3. The molecule has 45 heavy (non-hydrogen) atoms. The van der Waals surface area contributed by atoms with E-state index in [1.807, 2.05) is 12.1 Å². The maximum absolute atomic E-state index is 14.8. The van der Waals surface area contributed by atoms with Gasteiger partial charge >= 0.3 is 6.09 Å². The summed E-state index contributed by atoms with van der Waals surface area (Å²) in [5.74, 6) is -0.837. The van der Waals surface area contributed by atoms with Gasteiger partial charge in [0.25, 0.3) is 0 Å². The summed E-state index contributed by atoms with van der Waals surface area (Å²) >= 11 is 0. The highest BCUT2D eigenvalue weighted by Gasteiger charge is 2.18. The third-order valence-electron chi connectivity index (χ3n) is 7.20. The van der Waals surface area contributed by atoms with Gasteiger partial charge < -0.3 is 29.2 Å². The zero-order chi connectivity index (χ0) is 31.6. The standard InChI is InChI=1S/C33H35F2N5O5/c1-42-23-13-14-27(29(20-23)43-2)38-33(41)45-30-21-28(25-11-7-12-26(34)31(25)35)37-32(39-30)36-22-9-6-10-24(19-22)44-18-8-17-40-15-4-3-5-16-40/h6-7,9-14,19-21H,3-5,8,15-18H2,1-2H3,(H,38,41)(H,36,37,39). The Balaban J connectivity index is 1.32. The van der Waals surface area contributed by atoms with Crippen molar-refractivity contribution in [3.8, 4) is 34.4 Å². The van der Waals surface area contributed by atoms with Gasteiger partial charge in [-0.25, -0.2) is 18.6 Å². The highest BCUT2D eigenvalue weighted by molar-refractivity contribution is 5.88. The first kappa shape index (κ1) is 31.5. The lowest BCUT2D eigenvalue weighted by molar-refractivity contribution is 0.205. The topological polar surface area (TPSA) is 107 Å². The third kappa shape index (κ3) is 8.57. The molecule has 1 aliphatic rings. The summed E-state index contributed by atoms with van der Waals surface area (Å²) in [4.78, 5) is 24.0. The van der Waals surface area contributed by atoms with Crippen LogP contribution >= 0.6 is 0 Å². The molecule has 4 aromatic rings. The van der Waals surface area contributed by atoms with E-state index in [4.69, 9.17) is 18.9 Å². The second-order valence-electron chi connectivity index (χ2n) is 10.4. The third-order valence-corrected chi connectivity index (χ3v) is 7.20. The number of carbonyl (C=O) groups is 1. The van der Waals surface area contributed by atoms with Crippen LogP contribution in [0, 0.1) is 11.6 Å². The number of nitrogens with one attached hydrogen (secondary N) is 2. The van der Waals surface area contributed by atoms with E-state index in [2.05, 4.69) is 25.5 Å². The van der Waals surface area contributed by atoms with E-state index in [9.17, 15) is 13.6 Å². The summed E-state index contributed by atoms with van der Waals surface area (Å²) in [6.07, 6.45) is 3.81. The molecule has 2 N–H and O–H groups in total. The van der Waals surface area contributed by atoms with E-state index >= 15 is 0 Å². The fourth-order valence-corrected chi connectivity index (χ4v) is 4.96.